The molecule has 1 aromatic carbocycles. The van der Waals surface area contributed by atoms with E-state index in [9.17, 15) is 4.79 Å². The monoisotopic (exact) mass is 233 g/mol. The Labute approximate surface area is 97.6 Å². The van der Waals surface area contributed by atoms with Crippen molar-refractivity contribution in [3.8, 4) is 5.75 Å². The third-order valence-corrected chi connectivity index (χ3v) is 2.39. The molecule has 17 heavy (non-hydrogen) atoms. The molecule has 2 aromatic rings. The number of ether oxygens (including phenoxy) is 2. The third-order valence-electron chi connectivity index (χ3n) is 2.39. The fourth-order valence-corrected chi connectivity index (χ4v) is 1.58. The van der Waals surface area contributed by atoms with E-state index < -0.39 is 6.16 Å². The number of hydrogen-bond donors (Lipinski definition) is 1. The highest BCUT2D eigenvalue weighted by molar-refractivity contribution is 5.83. The van der Waals surface area contributed by atoms with Crippen LogP contribution in [0.4, 0.5) is 4.79 Å². The summed E-state index contributed by atoms with van der Waals surface area (Å²) in [5.74, 6) is 0.710. The Morgan fingerprint density at radius 1 is 1.41 bits per heavy atom. The Balaban J connectivity index is 2.39. The van der Waals surface area contributed by atoms with Crippen LogP contribution in [0.2, 0.25) is 0 Å². The van der Waals surface area contributed by atoms with Crippen molar-refractivity contribution in [2.24, 2.45) is 0 Å². The highest BCUT2D eigenvalue weighted by Gasteiger charge is 2.05. The fraction of sp³-hybridized carbons (Fsp3) is 0.167. The van der Waals surface area contributed by atoms with E-state index in [-0.39, 0.29) is 6.61 Å². The van der Waals surface area contributed by atoms with Gasteiger partial charge in [-0.3, -0.25) is 4.98 Å². The quantitative estimate of drug-likeness (QED) is 0.824. The number of nitrogens with zero attached hydrogens (tertiary/aromatic N) is 1. The molecular formula is C12H11NO4. The van der Waals surface area contributed by atoms with E-state index in [1.165, 1.54) is 0 Å². The molecule has 0 aliphatic rings. The summed E-state index contributed by atoms with van der Waals surface area (Å²) in [6.07, 6.45) is 0.325. The van der Waals surface area contributed by atoms with Gasteiger partial charge in [0.05, 0.1) is 12.6 Å². The van der Waals surface area contributed by atoms with Crippen LogP contribution in [0.5, 0.6) is 5.75 Å². The van der Waals surface area contributed by atoms with Gasteiger partial charge in [-0.05, 0) is 18.2 Å². The van der Waals surface area contributed by atoms with Gasteiger partial charge in [0.1, 0.15) is 12.4 Å². The normalized spacial score (nSPS) is 10.2. The average molecular weight is 233 g/mol. The lowest BCUT2D eigenvalue weighted by Crippen LogP contribution is -2.01. The molecule has 0 unspecified atom stereocenters. The molecule has 0 radical (unpaired) electrons. The molecule has 5 nitrogen and oxygen atoms in total. The number of rotatable bonds is 3. The van der Waals surface area contributed by atoms with Gasteiger partial charge in [0.15, 0.2) is 0 Å². The minimum absolute atomic E-state index is 0.0146. The third kappa shape index (κ3) is 2.44. The van der Waals surface area contributed by atoms with Crippen LogP contribution in [0.25, 0.3) is 10.9 Å². The number of carbonyl (C=O) groups is 1. The molecule has 1 N–H and O–H groups in total. The maximum absolute atomic E-state index is 10.4. The first-order valence-corrected chi connectivity index (χ1v) is 4.98. The van der Waals surface area contributed by atoms with Crippen molar-refractivity contribution >= 4 is 17.1 Å². The first kappa shape index (κ1) is 11.2. The molecule has 88 valence electrons. The van der Waals surface area contributed by atoms with E-state index >= 15 is 0 Å². The first-order valence-electron chi connectivity index (χ1n) is 4.98. The number of pyridine rings is 1. The molecule has 0 saturated heterocycles. The van der Waals surface area contributed by atoms with Gasteiger partial charge in [0, 0.05) is 23.2 Å². The molecule has 5 heteroatoms. The maximum Gasteiger partial charge on any atom is 0.506 e. The molecule has 0 saturated carbocycles. The lowest BCUT2D eigenvalue weighted by atomic mass is 10.1. The summed E-state index contributed by atoms with van der Waals surface area (Å²) in [4.78, 5) is 14.5. The van der Waals surface area contributed by atoms with Crippen molar-refractivity contribution in [3.63, 3.8) is 0 Å². The lowest BCUT2D eigenvalue weighted by molar-refractivity contribution is 0.0857. The Kier molecular flexibility index (Phi) is 3.09. The van der Waals surface area contributed by atoms with Crippen molar-refractivity contribution in [2.75, 3.05) is 7.11 Å². The number of methoxy groups -OCH3 is 1. The number of benzene rings is 1. The second kappa shape index (κ2) is 4.69. The van der Waals surface area contributed by atoms with E-state index in [0.29, 0.717) is 5.75 Å². The van der Waals surface area contributed by atoms with Crippen LogP contribution in [-0.4, -0.2) is 23.4 Å². The summed E-state index contributed by atoms with van der Waals surface area (Å²) >= 11 is 0. The molecule has 1 heterocycles. The standard InChI is InChI=1S/C12H11NO4/c1-16-9-2-3-10-8(7-17-12(14)15)4-5-13-11(10)6-9/h2-6H,7H2,1H3,(H,14,15). The fourth-order valence-electron chi connectivity index (χ4n) is 1.58. The smallest absolute Gasteiger partial charge is 0.497 e. The number of hydrogen-bond acceptors (Lipinski definition) is 4. The Hall–Kier alpha value is -2.30. The Morgan fingerprint density at radius 3 is 2.94 bits per heavy atom. The number of carboxylic acid groups (broad SMARTS) is 1. The van der Waals surface area contributed by atoms with Crippen molar-refractivity contribution in [3.05, 3.63) is 36.0 Å². The second-order valence-corrected chi connectivity index (χ2v) is 3.41. The van der Waals surface area contributed by atoms with Crippen LogP contribution in [-0.2, 0) is 11.3 Å². The first-order chi connectivity index (χ1) is 8.20. The minimum Gasteiger partial charge on any atom is -0.497 e. The van der Waals surface area contributed by atoms with Gasteiger partial charge in [-0.15, -0.1) is 0 Å². The van der Waals surface area contributed by atoms with Gasteiger partial charge in [0.25, 0.3) is 0 Å². The zero-order valence-corrected chi connectivity index (χ0v) is 9.21. The van der Waals surface area contributed by atoms with Crippen LogP contribution >= 0.6 is 0 Å². The molecule has 0 bridgehead atoms. The molecule has 1 aromatic heterocycles. The van der Waals surface area contributed by atoms with Crippen LogP contribution in [0, 0.1) is 0 Å². The lowest BCUT2D eigenvalue weighted by Gasteiger charge is -2.06. The summed E-state index contributed by atoms with van der Waals surface area (Å²) in [5, 5.41) is 9.33. The van der Waals surface area contributed by atoms with Crippen LogP contribution in [0.3, 0.4) is 0 Å². The number of aromatic nitrogens is 1. The summed E-state index contributed by atoms with van der Waals surface area (Å²) in [5.41, 5.74) is 1.52. The van der Waals surface area contributed by atoms with Crippen molar-refractivity contribution in [1.82, 2.24) is 4.98 Å². The zero-order valence-electron chi connectivity index (χ0n) is 9.21. The van der Waals surface area contributed by atoms with Crippen LogP contribution in [0.15, 0.2) is 30.5 Å². The van der Waals surface area contributed by atoms with E-state index in [1.54, 1.807) is 31.5 Å². The van der Waals surface area contributed by atoms with E-state index in [1.807, 2.05) is 6.07 Å². The molecular weight excluding hydrogens is 222 g/mol. The Bertz CT molecular complexity index is 553. The highest BCUT2D eigenvalue weighted by Crippen LogP contribution is 2.22. The summed E-state index contributed by atoms with van der Waals surface area (Å²) in [7, 11) is 1.58. The van der Waals surface area contributed by atoms with Gasteiger partial charge in [-0.2, -0.15) is 0 Å². The summed E-state index contributed by atoms with van der Waals surface area (Å²) in [6.45, 7) is 0.0146. The SMILES string of the molecule is COc1ccc2c(COC(=O)O)ccnc2c1. The van der Waals surface area contributed by atoms with Crippen LogP contribution < -0.4 is 4.74 Å². The average Bonchev–Trinajstić information content (AvgIpc) is 2.35. The van der Waals surface area contributed by atoms with Gasteiger partial charge >= 0.3 is 6.16 Å². The number of fused-ring (bicyclic) bond motifs is 1. The molecule has 0 aliphatic heterocycles. The minimum atomic E-state index is -1.29. The van der Waals surface area contributed by atoms with E-state index in [4.69, 9.17) is 9.84 Å². The summed E-state index contributed by atoms with van der Waals surface area (Å²) in [6, 6.07) is 7.16. The van der Waals surface area contributed by atoms with Gasteiger partial charge in [0.2, 0.25) is 0 Å². The van der Waals surface area contributed by atoms with E-state index in [0.717, 1.165) is 16.5 Å². The zero-order chi connectivity index (χ0) is 12.3. The largest absolute Gasteiger partial charge is 0.506 e. The van der Waals surface area contributed by atoms with E-state index in [2.05, 4.69) is 9.72 Å². The molecule has 0 aliphatic carbocycles. The maximum atomic E-state index is 10.4. The topological polar surface area (TPSA) is 68.7 Å². The second-order valence-electron chi connectivity index (χ2n) is 3.41. The van der Waals surface area contributed by atoms with Crippen molar-refractivity contribution < 1.29 is 19.4 Å². The van der Waals surface area contributed by atoms with Crippen LogP contribution in [0.1, 0.15) is 5.56 Å². The van der Waals surface area contributed by atoms with Crippen molar-refractivity contribution in [2.45, 2.75) is 6.61 Å². The molecule has 2 rings (SSSR count). The van der Waals surface area contributed by atoms with Crippen molar-refractivity contribution in [1.29, 1.82) is 0 Å². The molecule has 0 fully saturated rings. The summed E-state index contributed by atoms with van der Waals surface area (Å²) < 4.78 is 9.65. The Morgan fingerprint density at radius 2 is 2.24 bits per heavy atom. The van der Waals surface area contributed by atoms with Gasteiger partial charge < -0.3 is 14.6 Å². The predicted octanol–water partition coefficient (Wildman–Crippen LogP) is 2.44. The predicted molar refractivity (Wildman–Crippen MR) is 61.1 cm³/mol. The van der Waals surface area contributed by atoms with Gasteiger partial charge in [-0.1, -0.05) is 0 Å². The highest BCUT2D eigenvalue weighted by atomic mass is 16.7. The molecule has 0 spiro atoms. The van der Waals surface area contributed by atoms with Gasteiger partial charge in [-0.25, -0.2) is 4.79 Å². The molecule has 0 amide bonds. The molecule has 0 atom stereocenters.